The fourth-order valence-electron chi connectivity index (χ4n) is 0.903. The molecule has 0 aliphatic carbocycles. The molecule has 1 rings (SSSR count). The molecule has 3 heteroatoms. The van der Waals surface area contributed by atoms with Crippen molar-refractivity contribution in [1.82, 2.24) is 4.98 Å². The Balaban J connectivity index is 3.19. The maximum absolute atomic E-state index is 10.9. The first-order valence-electron chi connectivity index (χ1n) is 3.48. The number of rotatable bonds is 1. The highest BCUT2D eigenvalue weighted by Crippen LogP contribution is 2.04. The molecule has 0 amide bonds. The number of hydrogen-bond donors (Lipinski definition) is 1. The average Bonchev–Trinajstić information content (AvgIpc) is 1.85. The van der Waals surface area contributed by atoms with Crippen LogP contribution in [0.4, 0.5) is 5.82 Å². The second-order valence-electron chi connectivity index (χ2n) is 2.80. The van der Waals surface area contributed by atoms with Crippen LogP contribution in [0.15, 0.2) is 16.9 Å². The Hall–Kier alpha value is -1.25. The highest BCUT2D eigenvalue weighted by Gasteiger charge is 1.95. The molecule has 3 nitrogen and oxygen atoms in total. The minimum absolute atomic E-state index is 0.0475. The molecular weight excluding hydrogens is 140 g/mol. The molecule has 1 aromatic heterocycles. The van der Waals surface area contributed by atoms with Gasteiger partial charge in [-0.05, 0) is 18.6 Å². The van der Waals surface area contributed by atoms with Crippen molar-refractivity contribution >= 4 is 5.82 Å². The maximum Gasteiger partial charge on any atom is 0.249 e. The van der Waals surface area contributed by atoms with Crippen molar-refractivity contribution in [3.63, 3.8) is 0 Å². The highest BCUT2D eigenvalue weighted by molar-refractivity contribution is 5.38. The molecule has 0 saturated carbocycles. The van der Waals surface area contributed by atoms with Gasteiger partial charge in [0.2, 0.25) is 5.56 Å². The van der Waals surface area contributed by atoms with Crippen molar-refractivity contribution in [2.24, 2.45) is 0 Å². The topological polar surface area (TPSA) is 36.1 Å². The van der Waals surface area contributed by atoms with Crippen LogP contribution in [0.2, 0.25) is 0 Å². The van der Waals surface area contributed by atoms with E-state index in [9.17, 15) is 4.79 Å². The summed E-state index contributed by atoms with van der Waals surface area (Å²) in [6.45, 7) is 1.90. The summed E-state index contributed by atoms with van der Waals surface area (Å²) in [6, 6.07) is 3.51. The van der Waals surface area contributed by atoms with E-state index in [1.807, 2.05) is 32.0 Å². The molecule has 0 aromatic carbocycles. The predicted octanol–water partition coefficient (Wildman–Crippen LogP) is 0.749. The van der Waals surface area contributed by atoms with E-state index >= 15 is 0 Å². The molecular formula is C8H12N2O. The van der Waals surface area contributed by atoms with Gasteiger partial charge in [0.25, 0.3) is 0 Å². The van der Waals surface area contributed by atoms with Crippen LogP contribution < -0.4 is 10.5 Å². The predicted molar refractivity (Wildman–Crippen MR) is 46.1 cm³/mol. The summed E-state index contributed by atoms with van der Waals surface area (Å²) in [5.41, 5.74) is 0.936. The van der Waals surface area contributed by atoms with Crippen LogP contribution >= 0.6 is 0 Å². The third-order valence-electron chi connectivity index (χ3n) is 1.46. The number of nitrogens with zero attached hydrogens (tertiary/aromatic N) is 1. The third-order valence-corrected chi connectivity index (χ3v) is 1.46. The van der Waals surface area contributed by atoms with E-state index in [1.165, 1.54) is 0 Å². The molecule has 1 N–H and O–H groups in total. The van der Waals surface area contributed by atoms with Gasteiger partial charge in [0.15, 0.2) is 0 Å². The summed E-state index contributed by atoms with van der Waals surface area (Å²) < 4.78 is 0. The second kappa shape index (κ2) is 2.78. The van der Waals surface area contributed by atoms with E-state index in [1.54, 1.807) is 6.07 Å². The molecule has 0 fully saturated rings. The van der Waals surface area contributed by atoms with Crippen LogP contribution in [-0.2, 0) is 0 Å². The van der Waals surface area contributed by atoms with Gasteiger partial charge in [-0.2, -0.15) is 0 Å². The monoisotopic (exact) mass is 152 g/mol. The van der Waals surface area contributed by atoms with Gasteiger partial charge >= 0.3 is 0 Å². The number of aromatic nitrogens is 1. The Labute approximate surface area is 65.7 Å². The lowest BCUT2D eigenvalue weighted by atomic mass is 10.3. The minimum atomic E-state index is -0.0475. The number of anilines is 1. The zero-order valence-corrected chi connectivity index (χ0v) is 7.01. The van der Waals surface area contributed by atoms with E-state index < -0.39 is 0 Å². The van der Waals surface area contributed by atoms with Crippen molar-refractivity contribution in [3.05, 3.63) is 28.0 Å². The van der Waals surface area contributed by atoms with Crippen molar-refractivity contribution in [2.75, 3.05) is 19.0 Å². The van der Waals surface area contributed by atoms with Crippen LogP contribution in [0, 0.1) is 6.92 Å². The Morgan fingerprint density at radius 1 is 1.36 bits per heavy atom. The molecule has 0 radical (unpaired) electrons. The number of nitrogens with one attached hydrogen (secondary N) is 1. The highest BCUT2D eigenvalue weighted by atomic mass is 16.1. The molecule has 60 valence electrons. The van der Waals surface area contributed by atoms with Gasteiger partial charge in [0.05, 0.1) is 0 Å². The van der Waals surface area contributed by atoms with Crippen LogP contribution in [0.1, 0.15) is 5.56 Å². The molecule has 1 heterocycles. The smallest absolute Gasteiger partial charge is 0.249 e. The van der Waals surface area contributed by atoms with Gasteiger partial charge in [0.1, 0.15) is 5.82 Å². The summed E-state index contributed by atoms with van der Waals surface area (Å²) >= 11 is 0. The van der Waals surface area contributed by atoms with Crippen molar-refractivity contribution < 1.29 is 0 Å². The van der Waals surface area contributed by atoms with E-state index in [2.05, 4.69) is 4.98 Å². The molecule has 11 heavy (non-hydrogen) atoms. The van der Waals surface area contributed by atoms with Gasteiger partial charge in [-0.3, -0.25) is 4.79 Å². The summed E-state index contributed by atoms with van der Waals surface area (Å²) in [5.74, 6) is 0.843. The normalized spacial score (nSPS) is 9.73. The summed E-state index contributed by atoms with van der Waals surface area (Å²) in [4.78, 5) is 15.5. The Kier molecular flexibility index (Phi) is 1.98. The third kappa shape index (κ3) is 1.83. The number of hydrogen-bond acceptors (Lipinski definition) is 2. The number of aromatic amines is 1. The quantitative estimate of drug-likeness (QED) is 0.644. The van der Waals surface area contributed by atoms with Crippen molar-refractivity contribution in [1.29, 1.82) is 0 Å². The molecule has 0 aliphatic rings. The molecule has 0 saturated heterocycles. The molecule has 0 atom stereocenters. The lowest BCUT2D eigenvalue weighted by molar-refractivity contribution is 1.04. The largest absolute Gasteiger partial charge is 0.364 e. The van der Waals surface area contributed by atoms with Crippen LogP contribution in [0.3, 0.4) is 0 Å². The molecule has 1 aromatic rings. The van der Waals surface area contributed by atoms with E-state index in [4.69, 9.17) is 0 Å². The first kappa shape index (κ1) is 7.85. The summed E-state index contributed by atoms with van der Waals surface area (Å²) in [7, 11) is 3.79. The molecule has 0 unspecified atom stereocenters. The molecule has 0 aliphatic heterocycles. The first-order chi connectivity index (χ1) is 5.09. The first-order valence-corrected chi connectivity index (χ1v) is 3.48. The number of aryl methyl sites for hydroxylation is 1. The minimum Gasteiger partial charge on any atom is -0.364 e. The standard InChI is InChI=1S/C8H12N2O/c1-6-4-7(10(2)3)9-8(11)5-6/h4-5H,1-3H3,(H,9,11). The SMILES string of the molecule is Cc1cc(N(C)C)[nH]c(=O)c1. The number of H-pyrrole nitrogens is 1. The summed E-state index contributed by atoms with van der Waals surface area (Å²) in [5, 5.41) is 0. The zero-order valence-electron chi connectivity index (χ0n) is 7.01. The van der Waals surface area contributed by atoms with E-state index in [0.29, 0.717) is 0 Å². The van der Waals surface area contributed by atoms with Gasteiger partial charge in [-0.1, -0.05) is 0 Å². The van der Waals surface area contributed by atoms with Gasteiger partial charge in [-0.25, -0.2) is 0 Å². The van der Waals surface area contributed by atoms with Crippen LogP contribution in [0.25, 0.3) is 0 Å². The van der Waals surface area contributed by atoms with Crippen LogP contribution in [0.5, 0.6) is 0 Å². The fraction of sp³-hybridized carbons (Fsp3) is 0.375. The molecule has 0 bridgehead atoms. The van der Waals surface area contributed by atoms with Gasteiger partial charge in [0, 0.05) is 20.2 Å². The lowest BCUT2D eigenvalue weighted by Gasteiger charge is -2.11. The maximum atomic E-state index is 10.9. The molecule has 0 spiro atoms. The van der Waals surface area contributed by atoms with E-state index in [-0.39, 0.29) is 5.56 Å². The average molecular weight is 152 g/mol. The number of pyridine rings is 1. The second-order valence-corrected chi connectivity index (χ2v) is 2.80. The van der Waals surface area contributed by atoms with Crippen molar-refractivity contribution in [2.45, 2.75) is 6.92 Å². The zero-order chi connectivity index (χ0) is 8.43. The lowest BCUT2D eigenvalue weighted by Crippen LogP contribution is -2.16. The van der Waals surface area contributed by atoms with Gasteiger partial charge < -0.3 is 9.88 Å². The van der Waals surface area contributed by atoms with E-state index in [0.717, 1.165) is 11.4 Å². The van der Waals surface area contributed by atoms with Crippen LogP contribution in [-0.4, -0.2) is 19.1 Å². The van der Waals surface area contributed by atoms with Crippen molar-refractivity contribution in [3.8, 4) is 0 Å². The summed E-state index contributed by atoms with van der Waals surface area (Å²) in [6.07, 6.45) is 0. The fourth-order valence-corrected chi connectivity index (χ4v) is 0.903. The van der Waals surface area contributed by atoms with Gasteiger partial charge in [-0.15, -0.1) is 0 Å². The Morgan fingerprint density at radius 3 is 2.45 bits per heavy atom. The Morgan fingerprint density at radius 2 is 2.00 bits per heavy atom. The Bertz CT molecular complexity index is 301.